The average Bonchev–Trinajstić information content (AvgIpc) is 2.92. The Balaban J connectivity index is 2.14. The lowest BCUT2D eigenvalue weighted by Crippen LogP contribution is -2.17. The van der Waals surface area contributed by atoms with E-state index in [1.165, 1.54) is 19.9 Å². The van der Waals surface area contributed by atoms with Gasteiger partial charge in [-0.2, -0.15) is 0 Å². The first-order valence-electron chi connectivity index (χ1n) is 8.13. The molecule has 0 unspecified atom stereocenters. The Morgan fingerprint density at radius 2 is 1.67 bits per heavy atom. The summed E-state index contributed by atoms with van der Waals surface area (Å²) in [7, 11) is -4.64. The number of halogens is 5. The first-order chi connectivity index (χ1) is 13.8. The lowest BCUT2D eigenvalue weighted by Gasteiger charge is -2.12. The van der Waals surface area contributed by atoms with E-state index in [2.05, 4.69) is 9.89 Å². The molecule has 0 radical (unpaired) electrons. The molecule has 3 rings (SSSR count). The summed E-state index contributed by atoms with van der Waals surface area (Å²) < 4.78 is 97.5. The second kappa shape index (κ2) is 7.36. The molecule has 0 spiro atoms. The summed E-state index contributed by atoms with van der Waals surface area (Å²) in [5.41, 5.74) is 0.745. The Hall–Kier alpha value is -2.99. The number of nitrogens with two attached hydrogens (primary N) is 1. The number of sulfonamides is 1. The van der Waals surface area contributed by atoms with E-state index in [-0.39, 0.29) is 22.6 Å². The Morgan fingerprint density at radius 3 is 2.17 bits per heavy atom. The molecule has 0 aliphatic carbocycles. The summed E-state index contributed by atoms with van der Waals surface area (Å²) in [5.74, 6) is -3.14. The molecule has 6 nitrogen and oxygen atoms in total. The molecule has 0 atom stereocenters. The van der Waals surface area contributed by atoms with Gasteiger partial charge < -0.3 is 9.26 Å². The highest BCUT2D eigenvalue weighted by molar-refractivity contribution is 7.89. The van der Waals surface area contributed by atoms with Crippen molar-refractivity contribution in [3.05, 3.63) is 53.3 Å². The van der Waals surface area contributed by atoms with Crippen molar-refractivity contribution in [2.24, 2.45) is 5.14 Å². The standard InChI is InChI=1S/C18H13F5N2O4S/c1-8-5-11(28-18(21,22)23)3-4-12(8)16-15(9(2)29-25-16)10-6-13(19)17(14(20)7-10)30(24,26)27/h3-7H,1-2H3,(H2,24,26,27). The van der Waals surface area contributed by atoms with Gasteiger partial charge in [-0.1, -0.05) is 5.16 Å². The van der Waals surface area contributed by atoms with Crippen molar-refractivity contribution in [1.29, 1.82) is 0 Å². The Bertz CT molecular complexity index is 1210. The van der Waals surface area contributed by atoms with Crippen molar-refractivity contribution in [2.45, 2.75) is 25.1 Å². The van der Waals surface area contributed by atoms with E-state index in [9.17, 15) is 30.4 Å². The van der Waals surface area contributed by atoms with E-state index in [4.69, 9.17) is 9.66 Å². The van der Waals surface area contributed by atoms with Gasteiger partial charge in [0, 0.05) is 5.56 Å². The van der Waals surface area contributed by atoms with Crippen LogP contribution < -0.4 is 9.88 Å². The minimum atomic E-state index is -4.87. The number of hydrogen-bond donors (Lipinski definition) is 1. The molecule has 3 aromatic rings. The van der Waals surface area contributed by atoms with Crippen molar-refractivity contribution in [3.63, 3.8) is 0 Å². The molecule has 1 heterocycles. The minimum Gasteiger partial charge on any atom is -0.406 e. The molecule has 0 aliphatic heterocycles. The van der Waals surface area contributed by atoms with Gasteiger partial charge in [0.1, 0.15) is 28.8 Å². The number of rotatable bonds is 4. The molecule has 0 amide bonds. The molecule has 2 aromatic carbocycles. The van der Waals surface area contributed by atoms with Crippen LogP contribution in [0.3, 0.4) is 0 Å². The second-order valence-corrected chi connectivity index (χ2v) is 7.80. The summed E-state index contributed by atoms with van der Waals surface area (Å²) in [6.45, 7) is 2.93. The number of hydrogen-bond acceptors (Lipinski definition) is 5. The number of benzene rings is 2. The second-order valence-electron chi connectivity index (χ2n) is 6.30. The molecule has 0 bridgehead atoms. The maximum Gasteiger partial charge on any atom is 0.573 e. The monoisotopic (exact) mass is 448 g/mol. The van der Waals surface area contributed by atoms with Crippen LogP contribution in [-0.4, -0.2) is 19.9 Å². The number of primary sulfonamides is 1. The van der Waals surface area contributed by atoms with E-state index in [1.807, 2.05) is 0 Å². The fourth-order valence-electron chi connectivity index (χ4n) is 2.97. The van der Waals surface area contributed by atoms with Gasteiger partial charge in [-0.15, -0.1) is 13.2 Å². The maximum absolute atomic E-state index is 14.3. The fraction of sp³-hybridized carbons (Fsp3) is 0.167. The van der Waals surface area contributed by atoms with Gasteiger partial charge in [0.15, 0.2) is 4.90 Å². The molecule has 0 saturated carbocycles. The van der Waals surface area contributed by atoms with Gasteiger partial charge in [0.25, 0.3) is 0 Å². The molecule has 0 saturated heterocycles. The first kappa shape index (κ1) is 21.7. The zero-order valence-corrected chi connectivity index (χ0v) is 16.2. The van der Waals surface area contributed by atoms with Crippen molar-refractivity contribution in [2.75, 3.05) is 0 Å². The molecule has 2 N–H and O–H groups in total. The van der Waals surface area contributed by atoms with Crippen LogP contribution in [-0.2, 0) is 10.0 Å². The van der Waals surface area contributed by atoms with Crippen molar-refractivity contribution in [3.8, 4) is 28.1 Å². The van der Waals surface area contributed by atoms with Gasteiger partial charge in [0.2, 0.25) is 10.0 Å². The first-order valence-corrected chi connectivity index (χ1v) is 9.68. The normalized spacial score (nSPS) is 12.3. The van der Waals surface area contributed by atoms with Crippen LogP contribution in [0.4, 0.5) is 22.0 Å². The summed E-state index contributed by atoms with van der Waals surface area (Å²) in [5, 5.41) is 8.66. The molecular weight excluding hydrogens is 435 g/mol. The van der Waals surface area contributed by atoms with Gasteiger partial charge in [0.05, 0.1) is 5.56 Å². The largest absolute Gasteiger partial charge is 0.573 e. The smallest absolute Gasteiger partial charge is 0.406 e. The van der Waals surface area contributed by atoms with Gasteiger partial charge >= 0.3 is 6.36 Å². The molecular formula is C18H13F5N2O4S. The quantitative estimate of drug-likeness (QED) is 0.595. The topological polar surface area (TPSA) is 95.4 Å². The molecule has 0 fully saturated rings. The Labute approximate surface area is 167 Å². The van der Waals surface area contributed by atoms with Crippen LogP contribution in [0.1, 0.15) is 11.3 Å². The third-order valence-electron chi connectivity index (χ3n) is 4.12. The third-order valence-corrected chi connectivity index (χ3v) is 5.08. The molecule has 1 aromatic heterocycles. The minimum absolute atomic E-state index is 0.0886. The average molecular weight is 448 g/mol. The molecule has 0 aliphatic rings. The predicted octanol–water partition coefficient (Wildman–Crippen LogP) is 4.45. The summed E-state index contributed by atoms with van der Waals surface area (Å²) in [4.78, 5) is -1.29. The van der Waals surface area contributed by atoms with Crippen LogP contribution in [0, 0.1) is 25.5 Å². The van der Waals surface area contributed by atoms with Crippen LogP contribution in [0.15, 0.2) is 39.8 Å². The highest BCUT2D eigenvalue weighted by Gasteiger charge is 2.31. The molecule has 30 heavy (non-hydrogen) atoms. The lowest BCUT2D eigenvalue weighted by atomic mass is 9.96. The number of aryl methyl sites for hydroxylation is 2. The zero-order chi connectivity index (χ0) is 22.4. The third kappa shape index (κ3) is 4.28. The summed E-state index contributed by atoms with van der Waals surface area (Å²) >= 11 is 0. The highest BCUT2D eigenvalue weighted by Crippen LogP contribution is 2.38. The molecule has 160 valence electrons. The van der Waals surface area contributed by atoms with Gasteiger partial charge in [-0.05, 0) is 55.3 Å². The van der Waals surface area contributed by atoms with E-state index < -0.39 is 38.7 Å². The van der Waals surface area contributed by atoms with Gasteiger partial charge in [-0.25, -0.2) is 22.3 Å². The van der Waals surface area contributed by atoms with E-state index in [0.717, 1.165) is 24.3 Å². The zero-order valence-electron chi connectivity index (χ0n) is 15.3. The molecule has 12 heteroatoms. The number of aromatic nitrogens is 1. The van der Waals surface area contributed by atoms with Crippen LogP contribution >= 0.6 is 0 Å². The van der Waals surface area contributed by atoms with Crippen molar-refractivity contribution >= 4 is 10.0 Å². The van der Waals surface area contributed by atoms with E-state index in [1.54, 1.807) is 0 Å². The Kier molecular flexibility index (Phi) is 5.33. The van der Waals surface area contributed by atoms with Crippen molar-refractivity contribution in [1.82, 2.24) is 5.16 Å². The SMILES string of the molecule is Cc1cc(OC(F)(F)F)ccc1-c1noc(C)c1-c1cc(F)c(S(N)(=O)=O)c(F)c1. The maximum atomic E-state index is 14.3. The number of alkyl halides is 3. The van der Waals surface area contributed by atoms with Crippen LogP contribution in [0.25, 0.3) is 22.4 Å². The van der Waals surface area contributed by atoms with Crippen LogP contribution in [0.5, 0.6) is 5.75 Å². The summed E-state index contributed by atoms with van der Waals surface area (Å²) in [6, 6.07) is 4.95. The fourth-order valence-corrected chi connectivity index (χ4v) is 3.63. The lowest BCUT2D eigenvalue weighted by molar-refractivity contribution is -0.274. The van der Waals surface area contributed by atoms with Crippen LogP contribution in [0.2, 0.25) is 0 Å². The Morgan fingerprint density at radius 1 is 1.07 bits per heavy atom. The number of nitrogens with zero attached hydrogens (tertiary/aromatic N) is 1. The van der Waals surface area contributed by atoms with Crippen molar-refractivity contribution < 1.29 is 39.6 Å². The van der Waals surface area contributed by atoms with Gasteiger partial charge in [-0.3, -0.25) is 0 Å². The van der Waals surface area contributed by atoms with E-state index >= 15 is 0 Å². The summed E-state index contributed by atoms with van der Waals surface area (Å²) in [6.07, 6.45) is -4.87. The highest BCUT2D eigenvalue weighted by atomic mass is 32.2. The predicted molar refractivity (Wildman–Crippen MR) is 94.8 cm³/mol. The number of ether oxygens (including phenoxy) is 1. The van der Waals surface area contributed by atoms with E-state index in [0.29, 0.717) is 11.1 Å².